The maximum atomic E-state index is 12.5. The molecule has 0 saturated carbocycles. The Hall–Kier alpha value is -3.11. The molecule has 158 valence electrons. The van der Waals surface area contributed by atoms with Crippen LogP contribution in [0.2, 0.25) is 0 Å². The number of rotatable bonds is 4. The van der Waals surface area contributed by atoms with Gasteiger partial charge in [-0.1, -0.05) is 84.4 Å². The molecule has 31 heavy (non-hydrogen) atoms. The van der Waals surface area contributed by atoms with Crippen molar-refractivity contribution in [1.82, 2.24) is 0 Å². The second-order valence-electron chi connectivity index (χ2n) is 7.84. The van der Waals surface area contributed by atoms with Crippen LogP contribution in [0.1, 0.15) is 23.1 Å². The van der Waals surface area contributed by atoms with Crippen molar-refractivity contribution in [3.8, 4) is 22.3 Å². The number of aryl methyl sites for hydroxylation is 2. The van der Waals surface area contributed by atoms with Gasteiger partial charge in [0.2, 0.25) is 0 Å². The molecule has 1 unspecified atom stereocenters. The van der Waals surface area contributed by atoms with Gasteiger partial charge in [0, 0.05) is 0 Å². The van der Waals surface area contributed by atoms with E-state index in [9.17, 15) is 13.2 Å². The van der Waals surface area contributed by atoms with E-state index in [1.807, 2.05) is 30.3 Å². The molecule has 0 radical (unpaired) electrons. The molecule has 0 aromatic heterocycles. The van der Waals surface area contributed by atoms with Crippen LogP contribution >= 0.6 is 0 Å². The van der Waals surface area contributed by atoms with Crippen molar-refractivity contribution in [2.45, 2.75) is 32.7 Å². The fourth-order valence-electron chi connectivity index (χ4n) is 3.84. The Morgan fingerprint density at radius 1 is 0.774 bits per heavy atom. The third kappa shape index (κ3) is 5.15. The largest absolute Gasteiger partial charge is 0.523 e. The fourth-order valence-corrected chi connectivity index (χ4v) is 3.84. The highest BCUT2D eigenvalue weighted by Crippen LogP contribution is 2.31. The summed E-state index contributed by atoms with van der Waals surface area (Å²) in [5, 5.41) is 0. The smallest absolute Gasteiger partial charge is 0.284 e. The van der Waals surface area contributed by atoms with Crippen LogP contribution in [-0.2, 0) is 4.74 Å². The van der Waals surface area contributed by atoms with E-state index in [1.165, 1.54) is 28.3 Å². The van der Waals surface area contributed by atoms with E-state index in [0.717, 1.165) is 22.3 Å². The average Bonchev–Trinajstić information content (AvgIpc) is 2.75. The molecule has 3 aromatic carbocycles. The molecule has 1 atom stereocenters. The first-order chi connectivity index (χ1) is 14.8. The SMILES string of the molecule is Cc1ccc(C)c(-c2ccc(-c3ccc(C4=CC(OC(F)(F)F)CC=C4)cc3)cc2)c1. The summed E-state index contributed by atoms with van der Waals surface area (Å²) in [6.45, 7) is 4.20. The molecule has 0 saturated heterocycles. The van der Waals surface area contributed by atoms with Gasteiger partial charge < -0.3 is 0 Å². The molecule has 0 N–H and O–H groups in total. The fraction of sp³-hybridized carbons (Fsp3) is 0.185. The molecule has 1 aliphatic carbocycles. The van der Waals surface area contributed by atoms with Crippen LogP contribution in [0.5, 0.6) is 0 Å². The molecule has 0 spiro atoms. The standard InChI is InChI=1S/C27H23F3O/c1-18-6-7-19(2)26(16-18)23-14-12-21(13-15-23)20-8-10-22(11-9-20)24-4-3-5-25(17-24)31-27(28,29)30/h3-4,6-17,25H,5H2,1-2H3. The Labute approximate surface area is 180 Å². The summed E-state index contributed by atoms with van der Waals surface area (Å²) >= 11 is 0. The van der Waals surface area contributed by atoms with Gasteiger partial charge in [-0.3, -0.25) is 4.74 Å². The highest BCUT2D eigenvalue weighted by Gasteiger charge is 2.33. The zero-order chi connectivity index (χ0) is 22.0. The summed E-state index contributed by atoms with van der Waals surface area (Å²) in [6, 6.07) is 22.7. The van der Waals surface area contributed by atoms with Crippen LogP contribution in [0, 0.1) is 13.8 Å². The zero-order valence-electron chi connectivity index (χ0n) is 17.4. The van der Waals surface area contributed by atoms with E-state index in [1.54, 1.807) is 6.08 Å². The third-order valence-corrected chi connectivity index (χ3v) is 5.46. The van der Waals surface area contributed by atoms with Gasteiger partial charge in [-0.25, -0.2) is 0 Å². The van der Waals surface area contributed by atoms with Crippen LogP contribution < -0.4 is 0 Å². The van der Waals surface area contributed by atoms with Crippen molar-refractivity contribution < 1.29 is 17.9 Å². The predicted octanol–water partition coefficient (Wildman–Crippen LogP) is 7.89. The van der Waals surface area contributed by atoms with Crippen molar-refractivity contribution in [1.29, 1.82) is 0 Å². The Bertz CT molecular complexity index is 1120. The topological polar surface area (TPSA) is 9.23 Å². The van der Waals surface area contributed by atoms with Crippen LogP contribution in [-0.4, -0.2) is 12.5 Å². The lowest BCUT2D eigenvalue weighted by atomic mass is 9.94. The summed E-state index contributed by atoms with van der Waals surface area (Å²) in [7, 11) is 0. The Morgan fingerprint density at radius 3 is 1.97 bits per heavy atom. The maximum absolute atomic E-state index is 12.5. The predicted molar refractivity (Wildman–Crippen MR) is 119 cm³/mol. The molecular formula is C27H23F3O. The van der Waals surface area contributed by atoms with Crippen molar-refractivity contribution in [3.63, 3.8) is 0 Å². The van der Waals surface area contributed by atoms with E-state index in [2.05, 4.69) is 61.0 Å². The number of hydrogen-bond donors (Lipinski definition) is 0. The molecular weight excluding hydrogens is 397 g/mol. The van der Waals surface area contributed by atoms with Crippen LogP contribution in [0.15, 0.2) is 85.0 Å². The molecule has 4 rings (SSSR count). The Kier molecular flexibility index (Phi) is 5.84. The van der Waals surface area contributed by atoms with E-state index in [-0.39, 0.29) is 6.42 Å². The molecule has 0 heterocycles. The molecule has 3 aromatic rings. The van der Waals surface area contributed by atoms with Gasteiger partial charge in [-0.05, 0) is 65.3 Å². The number of allylic oxidation sites excluding steroid dienone is 2. The number of alkyl halides is 3. The van der Waals surface area contributed by atoms with E-state index in [0.29, 0.717) is 0 Å². The summed E-state index contributed by atoms with van der Waals surface area (Å²) in [4.78, 5) is 0. The van der Waals surface area contributed by atoms with E-state index in [4.69, 9.17) is 0 Å². The summed E-state index contributed by atoms with van der Waals surface area (Å²) in [5.41, 5.74) is 8.62. The normalized spacial score (nSPS) is 16.3. The molecule has 0 fully saturated rings. The van der Waals surface area contributed by atoms with Crippen molar-refractivity contribution in [2.75, 3.05) is 0 Å². The molecule has 1 nitrogen and oxygen atoms in total. The van der Waals surface area contributed by atoms with Gasteiger partial charge in [-0.2, -0.15) is 0 Å². The van der Waals surface area contributed by atoms with Crippen LogP contribution in [0.25, 0.3) is 27.8 Å². The lowest BCUT2D eigenvalue weighted by Gasteiger charge is -2.19. The second-order valence-corrected chi connectivity index (χ2v) is 7.84. The highest BCUT2D eigenvalue weighted by molar-refractivity contribution is 5.78. The van der Waals surface area contributed by atoms with Gasteiger partial charge >= 0.3 is 6.36 Å². The monoisotopic (exact) mass is 420 g/mol. The first-order valence-electron chi connectivity index (χ1n) is 10.2. The number of ether oxygens (including phenoxy) is 1. The number of hydrogen-bond acceptors (Lipinski definition) is 1. The van der Waals surface area contributed by atoms with Crippen molar-refractivity contribution >= 4 is 5.57 Å². The summed E-state index contributed by atoms with van der Waals surface area (Å²) in [5.74, 6) is 0. The van der Waals surface area contributed by atoms with Gasteiger partial charge in [-0.15, -0.1) is 13.2 Å². The molecule has 1 aliphatic rings. The number of halogens is 3. The highest BCUT2D eigenvalue weighted by atomic mass is 19.4. The van der Waals surface area contributed by atoms with E-state index >= 15 is 0 Å². The molecule has 0 amide bonds. The Balaban J connectivity index is 1.53. The third-order valence-electron chi connectivity index (χ3n) is 5.46. The van der Waals surface area contributed by atoms with Crippen LogP contribution in [0.3, 0.4) is 0 Å². The first kappa shape index (κ1) is 21.1. The summed E-state index contributed by atoms with van der Waals surface area (Å²) in [6.07, 6.45) is -0.326. The van der Waals surface area contributed by atoms with Gasteiger partial charge in [0.1, 0.15) is 0 Å². The summed E-state index contributed by atoms with van der Waals surface area (Å²) < 4.78 is 41.7. The Morgan fingerprint density at radius 2 is 1.35 bits per heavy atom. The van der Waals surface area contributed by atoms with Crippen molar-refractivity contribution in [2.24, 2.45) is 0 Å². The molecule has 0 bridgehead atoms. The van der Waals surface area contributed by atoms with Crippen molar-refractivity contribution in [3.05, 3.63) is 102 Å². The van der Waals surface area contributed by atoms with Gasteiger partial charge in [0.25, 0.3) is 0 Å². The molecule has 4 heteroatoms. The molecule has 0 aliphatic heterocycles. The van der Waals surface area contributed by atoms with Crippen LogP contribution in [0.4, 0.5) is 13.2 Å². The second kappa shape index (κ2) is 8.56. The minimum absolute atomic E-state index is 0.216. The van der Waals surface area contributed by atoms with Gasteiger partial charge in [0.15, 0.2) is 0 Å². The minimum atomic E-state index is -4.63. The number of benzene rings is 3. The van der Waals surface area contributed by atoms with Gasteiger partial charge in [0.05, 0.1) is 6.10 Å². The maximum Gasteiger partial charge on any atom is 0.523 e. The first-order valence-corrected chi connectivity index (χ1v) is 10.2. The minimum Gasteiger partial charge on any atom is -0.284 e. The lowest BCUT2D eigenvalue weighted by Crippen LogP contribution is -2.23. The quantitative estimate of drug-likeness (QED) is 0.417. The zero-order valence-corrected chi connectivity index (χ0v) is 17.4. The van der Waals surface area contributed by atoms with E-state index < -0.39 is 12.5 Å². The average molecular weight is 420 g/mol. The lowest BCUT2D eigenvalue weighted by molar-refractivity contribution is -0.335.